The predicted octanol–water partition coefficient (Wildman–Crippen LogP) is 2.95. The van der Waals surface area contributed by atoms with Gasteiger partial charge in [0.25, 0.3) is 17.5 Å². The molecular weight excluding hydrogens is 405 g/mol. The molecule has 0 spiro atoms. The van der Waals surface area contributed by atoms with Crippen molar-refractivity contribution in [2.75, 3.05) is 24.7 Å². The second-order valence-electron chi connectivity index (χ2n) is 7.42. The van der Waals surface area contributed by atoms with Crippen molar-refractivity contribution in [1.82, 2.24) is 15.2 Å². The maximum Gasteiger partial charge on any atom is 0.285 e. The van der Waals surface area contributed by atoms with Crippen LogP contribution in [0.3, 0.4) is 0 Å². The highest BCUT2D eigenvalue weighted by molar-refractivity contribution is 5.98. The van der Waals surface area contributed by atoms with Gasteiger partial charge in [-0.3, -0.25) is 19.7 Å². The summed E-state index contributed by atoms with van der Waals surface area (Å²) in [5.41, 5.74) is -0.755. The first kappa shape index (κ1) is 21.9. The largest absolute Gasteiger partial charge is 0.352 e. The van der Waals surface area contributed by atoms with E-state index < -0.39 is 27.9 Å². The Balaban J connectivity index is 1.75. The van der Waals surface area contributed by atoms with Crippen LogP contribution in [0.25, 0.3) is 0 Å². The lowest BCUT2D eigenvalue weighted by atomic mass is 10.1. The summed E-state index contributed by atoms with van der Waals surface area (Å²) in [6, 6.07) is 6.55. The van der Waals surface area contributed by atoms with Gasteiger partial charge in [0, 0.05) is 31.6 Å². The maximum absolute atomic E-state index is 14.2. The summed E-state index contributed by atoms with van der Waals surface area (Å²) in [7, 11) is 0. The molecule has 0 fully saturated rings. The minimum Gasteiger partial charge on any atom is -0.352 e. The zero-order valence-electron chi connectivity index (χ0n) is 17.1. The van der Waals surface area contributed by atoms with E-state index in [0.717, 1.165) is 12.1 Å². The van der Waals surface area contributed by atoms with E-state index in [-0.39, 0.29) is 19.1 Å². The first-order valence-corrected chi connectivity index (χ1v) is 9.67. The highest BCUT2D eigenvalue weighted by Gasteiger charge is 2.30. The number of nitro benzene ring substituents is 1. The first-order valence-electron chi connectivity index (χ1n) is 9.67. The molecule has 1 aliphatic rings. The molecule has 0 saturated carbocycles. The van der Waals surface area contributed by atoms with Gasteiger partial charge in [0.2, 0.25) is 0 Å². The summed E-state index contributed by atoms with van der Waals surface area (Å²) >= 11 is 0. The number of carbonyl (C=O) groups is 2. The molecule has 0 saturated heterocycles. The van der Waals surface area contributed by atoms with E-state index in [1.54, 1.807) is 29.3 Å². The van der Waals surface area contributed by atoms with Crippen LogP contribution in [0, 0.1) is 21.8 Å². The van der Waals surface area contributed by atoms with Crippen LogP contribution in [0.2, 0.25) is 0 Å². The Labute approximate surface area is 178 Å². The Bertz CT molecular complexity index is 1020. The van der Waals surface area contributed by atoms with Crippen LogP contribution in [0.15, 0.2) is 48.8 Å². The number of halogens is 1. The molecule has 2 heterocycles. The van der Waals surface area contributed by atoms with Gasteiger partial charge in [0.1, 0.15) is 11.6 Å². The van der Waals surface area contributed by atoms with Gasteiger partial charge in [-0.25, -0.2) is 9.37 Å². The number of hydrogen-bond acceptors (Lipinski definition) is 6. The summed E-state index contributed by atoms with van der Waals surface area (Å²) in [6.45, 7) is 4.72. The van der Waals surface area contributed by atoms with Crippen molar-refractivity contribution < 1.29 is 18.9 Å². The average molecular weight is 427 g/mol. The highest BCUT2D eigenvalue weighted by Crippen LogP contribution is 2.24. The second kappa shape index (κ2) is 9.33. The number of aromatic nitrogens is 1. The van der Waals surface area contributed by atoms with Crippen LogP contribution in [0.5, 0.6) is 0 Å². The van der Waals surface area contributed by atoms with Gasteiger partial charge in [-0.05, 0) is 30.2 Å². The quantitative estimate of drug-likeness (QED) is 0.561. The molecule has 0 radical (unpaired) electrons. The molecule has 162 valence electrons. The molecule has 9 nitrogen and oxygen atoms in total. The topological polar surface area (TPSA) is 109 Å². The normalized spacial score (nSPS) is 13.4. The number of nitrogens with one attached hydrogen (secondary N) is 1. The fourth-order valence-electron chi connectivity index (χ4n) is 3.01. The Morgan fingerprint density at radius 1 is 1.29 bits per heavy atom. The van der Waals surface area contributed by atoms with Crippen LogP contribution in [0.1, 0.15) is 34.6 Å². The Hall–Kier alpha value is -3.82. The molecule has 1 aromatic heterocycles. The van der Waals surface area contributed by atoms with E-state index in [9.17, 15) is 24.1 Å². The zero-order valence-corrected chi connectivity index (χ0v) is 17.1. The third-order valence-corrected chi connectivity index (χ3v) is 4.60. The van der Waals surface area contributed by atoms with E-state index in [1.165, 1.54) is 17.2 Å². The van der Waals surface area contributed by atoms with Crippen molar-refractivity contribution in [2.45, 2.75) is 13.8 Å². The van der Waals surface area contributed by atoms with Crippen LogP contribution < -0.4 is 10.2 Å². The minimum atomic E-state index is -0.949. The number of pyridine rings is 1. The summed E-state index contributed by atoms with van der Waals surface area (Å²) in [6.07, 6.45) is 4.81. The molecule has 2 aromatic rings. The van der Waals surface area contributed by atoms with Gasteiger partial charge >= 0.3 is 0 Å². The van der Waals surface area contributed by atoms with Crippen molar-refractivity contribution in [1.29, 1.82) is 0 Å². The number of nitrogens with zero attached hydrogens (tertiary/aromatic N) is 4. The highest BCUT2D eigenvalue weighted by atomic mass is 19.1. The summed E-state index contributed by atoms with van der Waals surface area (Å²) in [4.78, 5) is 42.6. The molecular formula is C21H22FN5O4. The van der Waals surface area contributed by atoms with Gasteiger partial charge in [0.15, 0.2) is 5.56 Å². The molecule has 1 aromatic carbocycles. The number of amides is 2. The molecule has 0 unspecified atom stereocenters. The van der Waals surface area contributed by atoms with Crippen molar-refractivity contribution >= 4 is 23.3 Å². The monoisotopic (exact) mass is 427 g/mol. The predicted molar refractivity (Wildman–Crippen MR) is 112 cm³/mol. The Morgan fingerprint density at radius 3 is 2.71 bits per heavy atom. The van der Waals surface area contributed by atoms with E-state index >= 15 is 0 Å². The molecule has 0 bridgehead atoms. The molecule has 31 heavy (non-hydrogen) atoms. The van der Waals surface area contributed by atoms with Crippen molar-refractivity contribution in [3.8, 4) is 0 Å². The van der Waals surface area contributed by atoms with Gasteiger partial charge < -0.3 is 15.1 Å². The number of hydrogen-bond donors (Lipinski definition) is 1. The summed E-state index contributed by atoms with van der Waals surface area (Å²) in [5.74, 6) is -1.18. The van der Waals surface area contributed by atoms with E-state index in [0.29, 0.717) is 23.8 Å². The standard InChI is InChI=1S/C21H22FN5O4/c1-14(2)11-24-20(28)15-7-8-18(23-12-15)25-9-4-10-26(13-25)21(29)19-16(22)5-3-6-17(19)27(30)31/h3-9,12,14H,10-11,13H2,1-2H3,(H,24,28). The van der Waals surface area contributed by atoms with E-state index in [4.69, 9.17) is 0 Å². The summed E-state index contributed by atoms with van der Waals surface area (Å²) < 4.78 is 14.2. The third kappa shape index (κ3) is 5.03. The number of anilines is 1. The smallest absolute Gasteiger partial charge is 0.285 e. The van der Waals surface area contributed by atoms with Gasteiger partial charge in [-0.2, -0.15) is 0 Å². The average Bonchev–Trinajstić information content (AvgIpc) is 2.77. The fourth-order valence-corrected chi connectivity index (χ4v) is 3.01. The van der Waals surface area contributed by atoms with E-state index in [2.05, 4.69) is 10.3 Å². The molecule has 2 amide bonds. The molecule has 0 aliphatic carbocycles. The number of rotatable bonds is 6. The van der Waals surface area contributed by atoms with Gasteiger partial charge in [0.05, 0.1) is 17.2 Å². The Morgan fingerprint density at radius 2 is 2.06 bits per heavy atom. The lowest BCUT2D eigenvalue weighted by molar-refractivity contribution is -0.385. The van der Waals surface area contributed by atoms with Crippen LogP contribution in [0.4, 0.5) is 15.9 Å². The fraction of sp³-hybridized carbons (Fsp3) is 0.286. The SMILES string of the molecule is CC(C)CNC(=O)c1ccc(N2C=CCN(C(=O)c3c(F)cccc3[N+](=O)[O-])C2)nc1. The number of nitro groups is 1. The van der Waals surface area contributed by atoms with E-state index in [1.807, 2.05) is 13.8 Å². The molecule has 3 rings (SSSR count). The number of benzene rings is 1. The molecule has 0 atom stereocenters. The van der Waals surface area contributed by atoms with Crippen molar-refractivity contribution in [2.24, 2.45) is 5.92 Å². The van der Waals surface area contributed by atoms with Crippen LogP contribution >= 0.6 is 0 Å². The lowest BCUT2D eigenvalue weighted by Gasteiger charge is -2.32. The third-order valence-electron chi connectivity index (χ3n) is 4.60. The molecule has 1 aliphatic heterocycles. The van der Waals surface area contributed by atoms with Crippen molar-refractivity contribution in [3.05, 3.63) is 75.9 Å². The second-order valence-corrected chi connectivity index (χ2v) is 7.42. The first-order chi connectivity index (χ1) is 14.8. The lowest BCUT2D eigenvalue weighted by Crippen LogP contribution is -2.43. The Kier molecular flexibility index (Phi) is 6.58. The maximum atomic E-state index is 14.2. The minimum absolute atomic E-state index is 0.0206. The van der Waals surface area contributed by atoms with Crippen LogP contribution in [-0.2, 0) is 0 Å². The number of carbonyl (C=O) groups excluding carboxylic acids is 2. The zero-order chi connectivity index (χ0) is 22.5. The van der Waals surface area contributed by atoms with Crippen molar-refractivity contribution in [3.63, 3.8) is 0 Å². The van der Waals surface area contributed by atoms with Gasteiger partial charge in [-0.1, -0.05) is 19.9 Å². The van der Waals surface area contributed by atoms with Crippen LogP contribution in [-0.4, -0.2) is 46.4 Å². The molecule has 1 N–H and O–H groups in total. The summed E-state index contributed by atoms with van der Waals surface area (Å²) in [5, 5.41) is 14.0. The van der Waals surface area contributed by atoms with Gasteiger partial charge in [-0.15, -0.1) is 0 Å². The molecule has 10 heteroatoms.